The third kappa shape index (κ3) is 2.45. The Morgan fingerprint density at radius 1 is 1.29 bits per heavy atom. The SMILES string of the molecule is Cc1nsc(C)c1C(=O)N1CCCC1c1cccc2c1OCCO2. The lowest BCUT2D eigenvalue weighted by Crippen LogP contribution is -2.31. The molecule has 2 aliphatic rings. The number of carbonyl (C=O) groups excluding carboxylic acids is 1. The van der Waals surface area contributed by atoms with E-state index in [1.165, 1.54) is 11.5 Å². The Morgan fingerprint density at radius 2 is 2.12 bits per heavy atom. The maximum atomic E-state index is 13.1. The molecule has 0 spiro atoms. The molecule has 0 saturated carbocycles. The normalized spacial score (nSPS) is 19.6. The van der Waals surface area contributed by atoms with Gasteiger partial charge >= 0.3 is 0 Å². The number of fused-ring (bicyclic) bond motifs is 1. The van der Waals surface area contributed by atoms with E-state index in [0.29, 0.717) is 13.2 Å². The first kappa shape index (κ1) is 15.4. The van der Waals surface area contributed by atoms with Crippen molar-refractivity contribution in [1.29, 1.82) is 0 Å². The van der Waals surface area contributed by atoms with Crippen molar-refractivity contribution >= 4 is 17.4 Å². The van der Waals surface area contributed by atoms with Crippen molar-refractivity contribution in [3.63, 3.8) is 0 Å². The molecule has 2 aliphatic heterocycles. The van der Waals surface area contributed by atoms with E-state index in [-0.39, 0.29) is 11.9 Å². The third-order valence-electron chi connectivity index (χ3n) is 4.72. The van der Waals surface area contributed by atoms with Gasteiger partial charge in [-0.1, -0.05) is 12.1 Å². The first-order chi connectivity index (χ1) is 11.7. The lowest BCUT2D eigenvalue weighted by atomic mass is 10.0. The second-order valence-corrected chi connectivity index (χ2v) is 7.20. The van der Waals surface area contributed by atoms with Crippen LogP contribution in [0.2, 0.25) is 0 Å². The van der Waals surface area contributed by atoms with Crippen LogP contribution in [0.25, 0.3) is 0 Å². The number of likely N-dealkylation sites (tertiary alicyclic amines) is 1. The second-order valence-electron chi connectivity index (χ2n) is 6.23. The van der Waals surface area contributed by atoms with Crippen molar-refractivity contribution in [2.45, 2.75) is 32.7 Å². The summed E-state index contributed by atoms with van der Waals surface area (Å²) in [5.41, 5.74) is 2.63. The predicted octanol–water partition coefficient (Wildman–Crippen LogP) is 3.51. The Labute approximate surface area is 145 Å². The highest BCUT2D eigenvalue weighted by atomic mass is 32.1. The quantitative estimate of drug-likeness (QED) is 0.836. The molecule has 1 amide bonds. The highest BCUT2D eigenvalue weighted by molar-refractivity contribution is 7.06. The number of amides is 1. The summed E-state index contributed by atoms with van der Waals surface area (Å²) in [7, 11) is 0. The van der Waals surface area contributed by atoms with Crippen LogP contribution < -0.4 is 9.47 Å². The number of rotatable bonds is 2. The predicted molar refractivity (Wildman–Crippen MR) is 92.0 cm³/mol. The molecule has 24 heavy (non-hydrogen) atoms. The zero-order valence-corrected chi connectivity index (χ0v) is 14.7. The summed E-state index contributed by atoms with van der Waals surface area (Å²) in [6.07, 6.45) is 1.94. The average Bonchev–Trinajstić information content (AvgIpc) is 3.21. The number of aromatic nitrogens is 1. The van der Waals surface area contributed by atoms with E-state index in [1.807, 2.05) is 30.9 Å². The fourth-order valence-electron chi connectivity index (χ4n) is 3.62. The van der Waals surface area contributed by atoms with Crippen molar-refractivity contribution < 1.29 is 14.3 Å². The standard InChI is InChI=1S/C18H20N2O3S/c1-11-16(12(2)24-19-11)18(21)20-8-4-6-14(20)13-5-3-7-15-17(13)23-10-9-22-15/h3,5,7,14H,4,6,8-10H2,1-2H3. The molecule has 1 fully saturated rings. The Kier molecular flexibility index (Phi) is 3.92. The molecule has 0 bridgehead atoms. The van der Waals surface area contributed by atoms with Crippen LogP contribution in [0.3, 0.4) is 0 Å². The molecule has 0 aliphatic carbocycles. The Hall–Kier alpha value is -2.08. The van der Waals surface area contributed by atoms with Crippen LogP contribution in [0.15, 0.2) is 18.2 Å². The van der Waals surface area contributed by atoms with Crippen molar-refractivity contribution in [2.75, 3.05) is 19.8 Å². The fraction of sp³-hybridized carbons (Fsp3) is 0.444. The molecule has 6 heteroatoms. The fourth-order valence-corrected chi connectivity index (χ4v) is 4.32. The highest BCUT2D eigenvalue weighted by Crippen LogP contribution is 2.43. The molecule has 0 radical (unpaired) electrons. The molecule has 3 heterocycles. The van der Waals surface area contributed by atoms with Crippen LogP contribution >= 0.6 is 11.5 Å². The van der Waals surface area contributed by atoms with Crippen LogP contribution in [-0.2, 0) is 0 Å². The van der Waals surface area contributed by atoms with E-state index < -0.39 is 0 Å². The molecule has 1 unspecified atom stereocenters. The van der Waals surface area contributed by atoms with Gasteiger partial charge in [-0.05, 0) is 44.3 Å². The van der Waals surface area contributed by atoms with Gasteiger partial charge in [0.05, 0.1) is 17.3 Å². The topological polar surface area (TPSA) is 51.7 Å². The highest BCUT2D eigenvalue weighted by Gasteiger charge is 2.35. The molecule has 0 N–H and O–H groups in total. The van der Waals surface area contributed by atoms with Crippen LogP contribution in [0.1, 0.15) is 45.4 Å². The number of hydrogen-bond donors (Lipinski definition) is 0. The van der Waals surface area contributed by atoms with Gasteiger partial charge in [-0.15, -0.1) is 0 Å². The van der Waals surface area contributed by atoms with E-state index in [0.717, 1.165) is 52.6 Å². The molecule has 1 aromatic heterocycles. The van der Waals surface area contributed by atoms with Gasteiger partial charge in [-0.25, -0.2) is 0 Å². The molecular formula is C18H20N2O3S. The zero-order chi connectivity index (χ0) is 16.7. The van der Waals surface area contributed by atoms with Crippen molar-refractivity contribution in [1.82, 2.24) is 9.27 Å². The number of nitrogens with zero attached hydrogens (tertiary/aromatic N) is 2. The Balaban J connectivity index is 1.70. The monoisotopic (exact) mass is 344 g/mol. The largest absolute Gasteiger partial charge is 0.486 e. The summed E-state index contributed by atoms with van der Waals surface area (Å²) in [4.78, 5) is 16.1. The first-order valence-electron chi connectivity index (χ1n) is 8.29. The minimum atomic E-state index is 0.0350. The number of para-hydroxylation sites is 1. The summed E-state index contributed by atoms with van der Waals surface area (Å²) in [5.74, 6) is 1.66. The second kappa shape index (κ2) is 6.09. The lowest BCUT2D eigenvalue weighted by Gasteiger charge is -2.29. The zero-order valence-electron chi connectivity index (χ0n) is 13.9. The summed E-state index contributed by atoms with van der Waals surface area (Å²) in [6.45, 7) is 5.76. The van der Waals surface area contributed by atoms with E-state index in [4.69, 9.17) is 9.47 Å². The van der Waals surface area contributed by atoms with E-state index in [2.05, 4.69) is 10.4 Å². The van der Waals surface area contributed by atoms with Crippen LogP contribution in [0.5, 0.6) is 11.5 Å². The molecule has 1 atom stereocenters. The Bertz CT molecular complexity index is 767. The van der Waals surface area contributed by atoms with Gasteiger partial charge in [-0.3, -0.25) is 4.79 Å². The molecule has 126 valence electrons. The maximum Gasteiger partial charge on any atom is 0.257 e. The third-order valence-corrected chi connectivity index (χ3v) is 5.56. The summed E-state index contributed by atoms with van der Waals surface area (Å²) >= 11 is 1.40. The number of benzene rings is 1. The molecule has 5 nitrogen and oxygen atoms in total. The minimum absolute atomic E-state index is 0.0350. The van der Waals surface area contributed by atoms with Gasteiger partial charge in [0.1, 0.15) is 13.2 Å². The van der Waals surface area contributed by atoms with Gasteiger partial charge in [0.2, 0.25) is 0 Å². The van der Waals surface area contributed by atoms with Gasteiger partial charge in [0.25, 0.3) is 5.91 Å². The van der Waals surface area contributed by atoms with Crippen molar-refractivity contribution in [3.05, 3.63) is 39.9 Å². The minimum Gasteiger partial charge on any atom is -0.486 e. The van der Waals surface area contributed by atoms with Gasteiger partial charge in [-0.2, -0.15) is 4.37 Å². The Morgan fingerprint density at radius 3 is 2.92 bits per heavy atom. The van der Waals surface area contributed by atoms with E-state index >= 15 is 0 Å². The average molecular weight is 344 g/mol. The summed E-state index contributed by atoms with van der Waals surface area (Å²) in [5, 5.41) is 0. The van der Waals surface area contributed by atoms with Gasteiger partial charge in [0.15, 0.2) is 11.5 Å². The van der Waals surface area contributed by atoms with Crippen LogP contribution in [0.4, 0.5) is 0 Å². The molecular weight excluding hydrogens is 324 g/mol. The molecule has 1 aromatic carbocycles. The molecule has 2 aromatic rings. The number of aryl methyl sites for hydroxylation is 2. The number of hydrogen-bond acceptors (Lipinski definition) is 5. The smallest absolute Gasteiger partial charge is 0.257 e. The molecule has 4 rings (SSSR count). The van der Waals surface area contributed by atoms with Crippen LogP contribution in [0, 0.1) is 13.8 Å². The van der Waals surface area contributed by atoms with E-state index in [9.17, 15) is 4.79 Å². The lowest BCUT2D eigenvalue weighted by molar-refractivity contribution is 0.0730. The summed E-state index contributed by atoms with van der Waals surface area (Å²) in [6, 6.07) is 5.99. The van der Waals surface area contributed by atoms with E-state index in [1.54, 1.807) is 0 Å². The first-order valence-corrected chi connectivity index (χ1v) is 9.06. The van der Waals surface area contributed by atoms with Gasteiger partial charge in [0, 0.05) is 17.0 Å². The summed E-state index contributed by atoms with van der Waals surface area (Å²) < 4.78 is 15.9. The van der Waals surface area contributed by atoms with Crippen LogP contribution in [-0.4, -0.2) is 34.9 Å². The molecule has 1 saturated heterocycles. The van der Waals surface area contributed by atoms with Crippen molar-refractivity contribution in [2.24, 2.45) is 0 Å². The maximum absolute atomic E-state index is 13.1. The van der Waals surface area contributed by atoms with Gasteiger partial charge < -0.3 is 14.4 Å². The number of carbonyl (C=O) groups is 1. The number of ether oxygens (including phenoxy) is 2. The van der Waals surface area contributed by atoms with Crippen molar-refractivity contribution in [3.8, 4) is 11.5 Å².